The van der Waals surface area contributed by atoms with Crippen molar-refractivity contribution in [3.05, 3.63) is 28.7 Å². The van der Waals surface area contributed by atoms with Crippen molar-refractivity contribution in [1.29, 1.82) is 0 Å². The first-order valence-electron chi connectivity index (χ1n) is 9.34. The molecular weight excluding hydrogens is 525 g/mol. The number of nitrogens with zero attached hydrogens (tertiary/aromatic N) is 1. The third-order valence-electron chi connectivity index (χ3n) is 3.92. The minimum absolute atomic E-state index is 0. The van der Waals surface area contributed by atoms with Crippen LogP contribution in [0.3, 0.4) is 0 Å². The Bertz CT molecular complexity index is 525. The summed E-state index contributed by atoms with van der Waals surface area (Å²) >= 11 is 3.41. The van der Waals surface area contributed by atoms with E-state index in [1.54, 1.807) is 0 Å². The fourth-order valence-corrected chi connectivity index (χ4v) is 2.80. The molecule has 0 aliphatic carbocycles. The second-order valence-corrected chi connectivity index (χ2v) is 7.06. The van der Waals surface area contributed by atoms with Gasteiger partial charge in [-0.3, -0.25) is 4.99 Å². The first-order valence-corrected chi connectivity index (χ1v) is 10.1. The SMILES string of the molecule is CCNC(=NCCCOCC1CCOC1)NCCOc1ccc(Br)cc1.I. The molecule has 27 heavy (non-hydrogen) atoms. The number of guanidine groups is 1. The van der Waals surface area contributed by atoms with Crippen molar-refractivity contribution in [3.8, 4) is 5.75 Å². The van der Waals surface area contributed by atoms with Crippen LogP contribution in [0.25, 0.3) is 0 Å². The van der Waals surface area contributed by atoms with Crippen LogP contribution in [0.4, 0.5) is 0 Å². The highest BCUT2D eigenvalue weighted by molar-refractivity contribution is 14.0. The van der Waals surface area contributed by atoms with E-state index in [0.717, 1.165) is 68.5 Å². The molecule has 0 saturated carbocycles. The van der Waals surface area contributed by atoms with Crippen LogP contribution in [0.2, 0.25) is 0 Å². The van der Waals surface area contributed by atoms with Crippen LogP contribution in [0.1, 0.15) is 19.8 Å². The molecule has 0 amide bonds. The molecule has 6 nitrogen and oxygen atoms in total. The van der Waals surface area contributed by atoms with Crippen molar-refractivity contribution in [2.75, 3.05) is 52.7 Å². The molecule has 2 rings (SSSR count). The summed E-state index contributed by atoms with van der Waals surface area (Å²) in [6, 6.07) is 7.83. The maximum atomic E-state index is 5.70. The number of ether oxygens (including phenoxy) is 3. The average Bonchev–Trinajstić information content (AvgIpc) is 3.16. The van der Waals surface area contributed by atoms with Gasteiger partial charge in [0.25, 0.3) is 0 Å². The van der Waals surface area contributed by atoms with Gasteiger partial charge in [-0.05, 0) is 44.0 Å². The van der Waals surface area contributed by atoms with Gasteiger partial charge in [-0.15, -0.1) is 24.0 Å². The van der Waals surface area contributed by atoms with E-state index in [0.29, 0.717) is 19.1 Å². The second-order valence-electron chi connectivity index (χ2n) is 6.15. The number of nitrogens with one attached hydrogen (secondary N) is 2. The highest BCUT2D eigenvalue weighted by Gasteiger charge is 2.15. The van der Waals surface area contributed by atoms with Gasteiger partial charge in [-0.1, -0.05) is 15.9 Å². The highest BCUT2D eigenvalue weighted by atomic mass is 127. The number of benzene rings is 1. The molecule has 1 aromatic rings. The molecule has 1 unspecified atom stereocenters. The van der Waals surface area contributed by atoms with E-state index in [4.69, 9.17) is 14.2 Å². The summed E-state index contributed by atoms with van der Waals surface area (Å²) in [7, 11) is 0. The molecule has 0 aromatic heterocycles. The van der Waals surface area contributed by atoms with Crippen molar-refractivity contribution in [3.63, 3.8) is 0 Å². The molecule has 0 radical (unpaired) electrons. The van der Waals surface area contributed by atoms with Crippen LogP contribution in [-0.4, -0.2) is 58.6 Å². The highest BCUT2D eigenvalue weighted by Crippen LogP contribution is 2.15. The quantitative estimate of drug-likeness (QED) is 0.189. The van der Waals surface area contributed by atoms with E-state index in [2.05, 4.69) is 38.5 Å². The monoisotopic (exact) mass is 555 g/mol. The Kier molecular flexibility index (Phi) is 13.9. The van der Waals surface area contributed by atoms with Gasteiger partial charge in [0.15, 0.2) is 5.96 Å². The summed E-state index contributed by atoms with van der Waals surface area (Å²) in [5, 5.41) is 6.53. The van der Waals surface area contributed by atoms with Crippen LogP contribution >= 0.6 is 39.9 Å². The topological polar surface area (TPSA) is 64.1 Å². The molecule has 1 aliphatic rings. The van der Waals surface area contributed by atoms with Crippen LogP contribution in [0.5, 0.6) is 5.75 Å². The summed E-state index contributed by atoms with van der Waals surface area (Å²) in [5.74, 6) is 2.25. The Balaban J connectivity index is 0.00000364. The van der Waals surface area contributed by atoms with E-state index < -0.39 is 0 Å². The lowest BCUT2D eigenvalue weighted by Gasteiger charge is -2.12. The molecule has 1 aromatic carbocycles. The molecule has 2 N–H and O–H groups in total. The predicted molar refractivity (Wildman–Crippen MR) is 123 cm³/mol. The van der Waals surface area contributed by atoms with E-state index in [1.165, 1.54) is 0 Å². The predicted octanol–water partition coefficient (Wildman–Crippen LogP) is 3.44. The van der Waals surface area contributed by atoms with Gasteiger partial charge in [0.05, 0.1) is 19.8 Å². The van der Waals surface area contributed by atoms with Gasteiger partial charge >= 0.3 is 0 Å². The molecule has 1 saturated heterocycles. The molecular formula is C19H31BrIN3O3. The second kappa shape index (κ2) is 15.4. The molecule has 1 heterocycles. The molecule has 8 heteroatoms. The Morgan fingerprint density at radius 3 is 2.78 bits per heavy atom. The summed E-state index contributed by atoms with van der Waals surface area (Å²) in [6.07, 6.45) is 2.04. The number of halogens is 2. The van der Waals surface area contributed by atoms with Gasteiger partial charge < -0.3 is 24.8 Å². The lowest BCUT2D eigenvalue weighted by atomic mass is 10.1. The van der Waals surface area contributed by atoms with Gasteiger partial charge in [-0.25, -0.2) is 0 Å². The lowest BCUT2D eigenvalue weighted by Crippen LogP contribution is -2.39. The number of hydrogen-bond acceptors (Lipinski definition) is 4. The normalized spacial score (nSPS) is 16.7. The zero-order valence-corrected chi connectivity index (χ0v) is 19.8. The van der Waals surface area contributed by atoms with Crippen LogP contribution < -0.4 is 15.4 Å². The lowest BCUT2D eigenvalue weighted by molar-refractivity contribution is 0.0893. The van der Waals surface area contributed by atoms with E-state index >= 15 is 0 Å². The van der Waals surface area contributed by atoms with E-state index in [1.807, 2.05) is 24.3 Å². The van der Waals surface area contributed by atoms with Gasteiger partial charge in [0.1, 0.15) is 12.4 Å². The van der Waals surface area contributed by atoms with Crippen molar-refractivity contribution < 1.29 is 14.2 Å². The standard InChI is InChI=1S/C19H30BrN3O3.HI/c1-2-21-19(22-9-3-11-24-14-16-8-12-25-15-16)23-10-13-26-18-6-4-17(20)5-7-18;/h4-7,16H,2-3,8-15H2,1H3,(H2,21,22,23);1H. The first kappa shape index (κ1) is 24.5. The van der Waals surface area contributed by atoms with Crippen molar-refractivity contribution in [1.82, 2.24) is 10.6 Å². The molecule has 0 bridgehead atoms. The van der Waals surface area contributed by atoms with Crippen molar-refractivity contribution in [2.45, 2.75) is 19.8 Å². The largest absolute Gasteiger partial charge is 0.492 e. The van der Waals surface area contributed by atoms with E-state index in [-0.39, 0.29) is 24.0 Å². The number of aliphatic imine (C=N–C) groups is 1. The van der Waals surface area contributed by atoms with E-state index in [9.17, 15) is 0 Å². The summed E-state index contributed by atoms with van der Waals surface area (Å²) in [5.41, 5.74) is 0. The molecule has 1 aliphatic heterocycles. The molecule has 1 fully saturated rings. The minimum Gasteiger partial charge on any atom is -0.492 e. The number of rotatable bonds is 11. The number of hydrogen-bond donors (Lipinski definition) is 2. The Morgan fingerprint density at radius 1 is 1.26 bits per heavy atom. The van der Waals surface area contributed by atoms with Crippen LogP contribution in [0.15, 0.2) is 33.7 Å². The van der Waals surface area contributed by atoms with Gasteiger partial charge in [0, 0.05) is 36.7 Å². The van der Waals surface area contributed by atoms with Gasteiger partial charge in [0.2, 0.25) is 0 Å². The Hall–Kier alpha value is -0.580. The Morgan fingerprint density at radius 2 is 2.07 bits per heavy atom. The first-order chi connectivity index (χ1) is 12.8. The summed E-state index contributed by atoms with van der Waals surface area (Å²) in [6.45, 7) is 8.17. The third kappa shape index (κ3) is 11.1. The minimum atomic E-state index is 0. The van der Waals surface area contributed by atoms with Crippen LogP contribution in [-0.2, 0) is 9.47 Å². The maximum absolute atomic E-state index is 5.70. The van der Waals surface area contributed by atoms with Crippen molar-refractivity contribution >= 4 is 45.9 Å². The summed E-state index contributed by atoms with van der Waals surface area (Å²) in [4.78, 5) is 4.57. The smallest absolute Gasteiger partial charge is 0.191 e. The molecule has 1 atom stereocenters. The zero-order chi connectivity index (χ0) is 18.5. The van der Waals surface area contributed by atoms with Gasteiger partial charge in [-0.2, -0.15) is 0 Å². The zero-order valence-electron chi connectivity index (χ0n) is 15.9. The van der Waals surface area contributed by atoms with Crippen molar-refractivity contribution in [2.24, 2.45) is 10.9 Å². The fourth-order valence-electron chi connectivity index (χ4n) is 2.53. The third-order valence-corrected chi connectivity index (χ3v) is 4.44. The van der Waals surface area contributed by atoms with Crippen LogP contribution in [0, 0.1) is 5.92 Å². The fraction of sp³-hybridized carbons (Fsp3) is 0.632. The molecule has 0 spiro atoms. The average molecular weight is 556 g/mol. The summed E-state index contributed by atoms with van der Waals surface area (Å²) < 4.78 is 17.8. The maximum Gasteiger partial charge on any atom is 0.191 e. The molecule has 154 valence electrons. The Labute approximate surface area is 188 Å².